The van der Waals surface area contributed by atoms with Crippen LogP contribution in [0.15, 0.2) is 0 Å². The summed E-state index contributed by atoms with van der Waals surface area (Å²) in [7, 11) is 1.83. The SMILES string of the molecule is C#CC1CCC(N(C)C(=O)OCCCC)CC1. The third kappa shape index (κ3) is 4.30. The molecule has 1 aliphatic rings. The predicted molar refractivity (Wildman–Crippen MR) is 68.6 cm³/mol. The predicted octanol–water partition coefficient (Wildman–Crippen LogP) is 3.05. The topological polar surface area (TPSA) is 29.5 Å². The number of ether oxygens (including phenoxy) is 1. The molecule has 1 rings (SSSR count). The first kappa shape index (κ1) is 13.9. The number of amides is 1. The monoisotopic (exact) mass is 237 g/mol. The van der Waals surface area contributed by atoms with Crippen LogP contribution in [0.2, 0.25) is 0 Å². The summed E-state index contributed by atoms with van der Waals surface area (Å²) in [4.78, 5) is 13.5. The molecule has 0 unspecified atom stereocenters. The van der Waals surface area contributed by atoms with Crippen molar-refractivity contribution in [3.05, 3.63) is 0 Å². The number of carbonyl (C=O) groups is 1. The molecule has 1 fully saturated rings. The van der Waals surface area contributed by atoms with Gasteiger partial charge in [0.25, 0.3) is 0 Å². The van der Waals surface area contributed by atoms with E-state index in [4.69, 9.17) is 11.2 Å². The maximum absolute atomic E-state index is 11.7. The zero-order valence-corrected chi connectivity index (χ0v) is 10.9. The summed E-state index contributed by atoms with van der Waals surface area (Å²) in [5, 5.41) is 0. The average Bonchev–Trinajstić information content (AvgIpc) is 2.38. The Morgan fingerprint density at radius 2 is 2.06 bits per heavy atom. The normalized spacial score (nSPS) is 23.8. The molecule has 0 heterocycles. The highest BCUT2D eigenvalue weighted by Crippen LogP contribution is 2.26. The van der Waals surface area contributed by atoms with Gasteiger partial charge in [0.05, 0.1) is 6.61 Å². The summed E-state index contributed by atoms with van der Waals surface area (Å²) >= 11 is 0. The van der Waals surface area contributed by atoms with Gasteiger partial charge < -0.3 is 9.64 Å². The molecule has 0 saturated heterocycles. The Bertz CT molecular complexity index is 274. The Hall–Kier alpha value is -1.17. The highest BCUT2D eigenvalue weighted by molar-refractivity contribution is 5.67. The summed E-state index contributed by atoms with van der Waals surface area (Å²) in [6.45, 7) is 2.61. The molecule has 0 radical (unpaired) electrons. The largest absolute Gasteiger partial charge is 0.449 e. The van der Waals surface area contributed by atoms with Crippen molar-refractivity contribution in [1.29, 1.82) is 0 Å². The van der Waals surface area contributed by atoms with Crippen LogP contribution in [0.4, 0.5) is 4.79 Å². The van der Waals surface area contributed by atoms with Crippen LogP contribution in [-0.2, 0) is 4.74 Å². The molecule has 0 spiro atoms. The minimum absolute atomic E-state index is 0.192. The lowest BCUT2D eigenvalue weighted by atomic mass is 9.86. The summed E-state index contributed by atoms with van der Waals surface area (Å²) in [6, 6.07) is 0.300. The molecule has 3 heteroatoms. The van der Waals surface area contributed by atoms with E-state index in [9.17, 15) is 4.79 Å². The lowest BCUT2D eigenvalue weighted by Gasteiger charge is -2.32. The summed E-state index contributed by atoms with van der Waals surface area (Å²) in [6.07, 6.45) is 11.2. The van der Waals surface area contributed by atoms with E-state index < -0.39 is 0 Å². The zero-order chi connectivity index (χ0) is 12.7. The number of hydrogen-bond donors (Lipinski definition) is 0. The maximum atomic E-state index is 11.7. The molecular formula is C14H23NO2. The van der Waals surface area contributed by atoms with Crippen molar-refractivity contribution in [2.75, 3.05) is 13.7 Å². The molecule has 0 aromatic rings. The first-order chi connectivity index (χ1) is 8.19. The molecule has 0 aromatic heterocycles. The Balaban J connectivity index is 2.30. The van der Waals surface area contributed by atoms with E-state index in [1.54, 1.807) is 4.90 Å². The minimum atomic E-state index is -0.192. The Morgan fingerprint density at radius 1 is 1.41 bits per heavy atom. The van der Waals surface area contributed by atoms with Crippen molar-refractivity contribution in [3.8, 4) is 12.3 Å². The number of hydrogen-bond acceptors (Lipinski definition) is 2. The van der Waals surface area contributed by atoms with Gasteiger partial charge in [-0.25, -0.2) is 4.79 Å². The molecule has 3 nitrogen and oxygen atoms in total. The second-order valence-corrected chi connectivity index (χ2v) is 4.75. The molecular weight excluding hydrogens is 214 g/mol. The van der Waals surface area contributed by atoms with Crippen molar-refractivity contribution in [2.45, 2.75) is 51.5 Å². The van der Waals surface area contributed by atoms with Crippen LogP contribution in [0.1, 0.15) is 45.4 Å². The van der Waals surface area contributed by atoms with Crippen molar-refractivity contribution in [3.63, 3.8) is 0 Å². The summed E-state index contributed by atoms with van der Waals surface area (Å²) in [5.41, 5.74) is 0. The molecule has 0 N–H and O–H groups in total. The second-order valence-electron chi connectivity index (χ2n) is 4.75. The van der Waals surface area contributed by atoms with Gasteiger partial charge in [0.1, 0.15) is 0 Å². The van der Waals surface area contributed by atoms with E-state index in [2.05, 4.69) is 12.8 Å². The second kappa shape index (κ2) is 7.21. The van der Waals surface area contributed by atoms with Crippen LogP contribution < -0.4 is 0 Å². The fourth-order valence-electron chi connectivity index (χ4n) is 2.18. The minimum Gasteiger partial charge on any atom is -0.449 e. The summed E-state index contributed by atoms with van der Waals surface area (Å²) in [5.74, 6) is 3.20. The smallest absolute Gasteiger partial charge is 0.409 e. The molecule has 1 saturated carbocycles. The van der Waals surface area contributed by atoms with Crippen LogP contribution in [0.5, 0.6) is 0 Å². The summed E-state index contributed by atoms with van der Waals surface area (Å²) < 4.78 is 5.20. The van der Waals surface area contributed by atoms with Crippen LogP contribution in [0.25, 0.3) is 0 Å². The van der Waals surface area contributed by atoms with Gasteiger partial charge in [-0.1, -0.05) is 13.3 Å². The van der Waals surface area contributed by atoms with Crippen LogP contribution in [0, 0.1) is 18.3 Å². The van der Waals surface area contributed by atoms with E-state index >= 15 is 0 Å². The van der Waals surface area contributed by atoms with Gasteiger partial charge in [-0.2, -0.15) is 0 Å². The average molecular weight is 237 g/mol. The van der Waals surface area contributed by atoms with E-state index in [1.807, 2.05) is 7.05 Å². The number of carbonyl (C=O) groups excluding carboxylic acids is 1. The van der Waals surface area contributed by atoms with E-state index in [0.29, 0.717) is 18.6 Å². The van der Waals surface area contributed by atoms with Gasteiger partial charge in [0.15, 0.2) is 0 Å². The maximum Gasteiger partial charge on any atom is 0.409 e. The van der Waals surface area contributed by atoms with Crippen LogP contribution in [0.3, 0.4) is 0 Å². The van der Waals surface area contributed by atoms with Gasteiger partial charge in [0, 0.05) is 19.0 Å². The highest BCUT2D eigenvalue weighted by Gasteiger charge is 2.26. The zero-order valence-electron chi connectivity index (χ0n) is 10.9. The molecule has 1 aliphatic carbocycles. The number of nitrogens with zero attached hydrogens (tertiary/aromatic N) is 1. The van der Waals surface area contributed by atoms with Gasteiger partial charge in [0.2, 0.25) is 0 Å². The molecule has 0 bridgehead atoms. The standard InChI is InChI=1S/C14H23NO2/c1-4-6-11-17-14(16)15(3)13-9-7-12(5-2)8-10-13/h2,12-13H,4,6-11H2,1,3H3. The van der Waals surface area contributed by atoms with Crippen LogP contribution in [-0.4, -0.2) is 30.7 Å². The number of terminal acetylenes is 1. The Morgan fingerprint density at radius 3 is 2.59 bits per heavy atom. The highest BCUT2D eigenvalue weighted by atomic mass is 16.6. The van der Waals surface area contributed by atoms with E-state index in [-0.39, 0.29) is 6.09 Å². The van der Waals surface area contributed by atoms with Gasteiger partial charge in [-0.15, -0.1) is 12.3 Å². The molecule has 0 aromatic carbocycles. The Kier molecular flexibility index (Phi) is 5.90. The van der Waals surface area contributed by atoms with Crippen molar-refractivity contribution >= 4 is 6.09 Å². The number of unbranched alkanes of at least 4 members (excludes halogenated alkanes) is 1. The molecule has 1 amide bonds. The number of rotatable bonds is 4. The molecule has 0 aliphatic heterocycles. The van der Waals surface area contributed by atoms with E-state index in [0.717, 1.165) is 38.5 Å². The van der Waals surface area contributed by atoms with Gasteiger partial charge >= 0.3 is 6.09 Å². The first-order valence-corrected chi connectivity index (χ1v) is 6.54. The molecule has 17 heavy (non-hydrogen) atoms. The fraction of sp³-hybridized carbons (Fsp3) is 0.786. The lowest BCUT2D eigenvalue weighted by Crippen LogP contribution is -2.39. The van der Waals surface area contributed by atoms with Gasteiger partial charge in [-0.05, 0) is 32.1 Å². The molecule has 0 atom stereocenters. The van der Waals surface area contributed by atoms with Crippen molar-refractivity contribution in [1.82, 2.24) is 4.90 Å². The van der Waals surface area contributed by atoms with E-state index in [1.165, 1.54) is 0 Å². The van der Waals surface area contributed by atoms with Gasteiger partial charge in [-0.3, -0.25) is 0 Å². The third-order valence-corrected chi connectivity index (χ3v) is 3.49. The van der Waals surface area contributed by atoms with Crippen LogP contribution >= 0.6 is 0 Å². The Labute approximate surface area is 105 Å². The van der Waals surface area contributed by atoms with Crippen molar-refractivity contribution < 1.29 is 9.53 Å². The fourth-order valence-corrected chi connectivity index (χ4v) is 2.18. The first-order valence-electron chi connectivity index (χ1n) is 6.54. The lowest BCUT2D eigenvalue weighted by molar-refractivity contribution is 0.0858. The van der Waals surface area contributed by atoms with Crippen molar-refractivity contribution in [2.24, 2.45) is 5.92 Å². The molecule has 96 valence electrons. The quantitative estimate of drug-likeness (QED) is 0.555. The third-order valence-electron chi connectivity index (χ3n) is 3.49.